The van der Waals surface area contributed by atoms with E-state index in [0.29, 0.717) is 33.5 Å². The lowest BCUT2D eigenvalue weighted by atomic mass is 10.2. The number of hydrogen-bond donors (Lipinski definition) is 3. The third kappa shape index (κ3) is 7.21. The van der Waals surface area contributed by atoms with Crippen LogP contribution in [0.25, 0.3) is 0 Å². The van der Waals surface area contributed by atoms with Gasteiger partial charge in [0.2, 0.25) is 11.9 Å². The van der Waals surface area contributed by atoms with E-state index in [9.17, 15) is 9.59 Å². The largest absolute Gasteiger partial charge is 0.497 e. The van der Waals surface area contributed by atoms with Crippen molar-refractivity contribution in [2.45, 2.75) is 10.6 Å². The molecule has 8 nitrogen and oxygen atoms in total. The number of guanidine groups is 1. The first-order chi connectivity index (χ1) is 17.5. The zero-order valence-corrected chi connectivity index (χ0v) is 20.8. The molecule has 0 radical (unpaired) electrons. The number of nitrogens with one attached hydrogen (secondary N) is 3. The summed E-state index contributed by atoms with van der Waals surface area (Å²) in [7, 11) is 1.58. The molecule has 4 aromatic rings. The molecule has 0 aliphatic rings. The van der Waals surface area contributed by atoms with Gasteiger partial charge in [-0.05, 0) is 60.7 Å². The van der Waals surface area contributed by atoms with Gasteiger partial charge in [-0.1, -0.05) is 29.8 Å². The molecule has 0 saturated carbocycles. The van der Waals surface area contributed by atoms with E-state index >= 15 is 0 Å². The summed E-state index contributed by atoms with van der Waals surface area (Å²) in [4.78, 5) is 37.6. The van der Waals surface area contributed by atoms with E-state index < -0.39 is 0 Å². The molecule has 1 amide bonds. The van der Waals surface area contributed by atoms with Gasteiger partial charge in [0.05, 0.1) is 12.8 Å². The summed E-state index contributed by atoms with van der Waals surface area (Å²) in [5, 5.41) is 6.47. The number of hydrogen-bond acceptors (Lipinski definition) is 6. The van der Waals surface area contributed by atoms with E-state index in [1.807, 2.05) is 18.2 Å². The molecule has 3 N–H and O–H groups in total. The Morgan fingerprint density at radius 3 is 2.47 bits per heavy atom. The smallest absolute Gasteiger partial charge is 0.257 e. The molecule has 182 valence electrons. The zero-order valence-electron chi connectivity index (χ0n) is 19.2. The summed E-state index contributed by atoms with van der Waals surface area (Å²) >= 11 is 7.46. The molecule has 0 aliphatic carbocycles. The summed E-state index contributed by atoms with van der Waals surface area (Å²) in [6.07, 6.45) is 0. The molecule has 0 spiro atoms. The molecule has 0 atom stereocenters. The Balaban J connectivity index is 1.59. The van der Waals surface area contributed by atoms with Crippen molar-refractivity contribution in [2.75, 3.05) is 12.4 Å². The molecule has 1 heterocycles. The number of nitrogens with zero attached hydrogens (tertiary/aromatic N) is 2. The Hall–Kier alpha value is -4.08. The number of anilines is 1. The molecular formula is C26H22ClN5O3S. The highest BCUT2D eigenvalue weighted by atomic mass is 35.5. The second kappa shape index (κ2) is 12.1. The van der Waals surface area contributed by atoms with E-state index in [1.54, 1.807) is 67.8 Å². The van der Waals surface area contributed by atoms with Gasteiger partial charge >= 0.3 is 0 Å². The normalized spacial score (nSPS) is 11.1. The maximum Gasteiger partial charge on any atom is 0.257 e. The van der Waals surface area contributed by atoms with Gasteiger partial charge in [-0.3, -0.25) is 19.9 Å². The molecule has 4 rings (SSSR count). The van der Waals surface area contributed by atoms with Crippen LogP contribution >= 0.6 is 23.4 Å². The van der Waals surface area contributed by atoms with E-state index in [2.05, 4.69) is 25.6 Å². The number of aromatic amines is 1. The number of methoxy groups -OCH3 is 1. The molecule has 10 heteroatoms. The Bertz CT molecular complexity index is 1410. The van der Waals surface area contributed by atoms with Crippen molar-refractivity contribution >= 4 is 46.9 Å². The SMILES string of the molecule is COc1ccc(NC(=Nc2nc(CSc3ccc(Cl)cc3)cc(=O)[nH]2)NC(=O)c2ccccc2)cc1. The monoisotopic (exact) mass is 519 g/mol. The standard InChI is InChI=1S/C26H22ClN5O3S/c1-35-21-11-9-19(10-12-21)28-26(31-24(34)17-5-3-2-4-6-17)32-25-29-20(15-23(33)30-25)16-36-22-13-7-18(27)8-14-22/h2-15H,16H2,1H3,(H3,28,29,30,31,32,33,34). The lowest BCUT2D eigenvalue weighted by Gasteiger charge is -2.12. The Morgan fingerprint density at radius 2 is 1.78 bits per heavy atom. The van der Waals surface area contributed by atoms with Crippen molar-refractivity contribution in [3.8, 4) is 5.75 Å². The minimum atomic E-state index is -0.368. The van der Waals surface area contributed by atoms with Crippen molar-refractivity contribution in [3.63, 3.8) is 0 Å². The molecule has 3 aromatic carbocycles. The highest BCUT2D eigenvalue weighted by Crippen LogP contribution is 2.23. The molecule has 0 aliphatic heterocycles. The van der Waals surface area contributed by atoms with Crippen LogP contribution in [0.15, 0.2) is 99.6 Å². The van der Waals surface area contributed by atoms with Gasteiger partial charge in [-0.2, -0.15) is 4.99 Å². The average Bonchev–Trinajstić information content (AvgIpc) is 2.89. The van der Waals surface area contributed by atoms with Crippen molar-refractivity contribution in [1.82, 2.24) is 15.3 Å². The van der Waals surface area contributed by atoms with Crippen LogP contribution in [0.3, 0.4) is 0 Å². The maximum atomic E-state index is 12.8. The van der Waals surface area contributed by atoms with Crippen LogP contribution in [0, 0.1) is 0 Å². The lowest BCUT2D eigenvalue weighted by Crippen LogP contribution is -2.36. The molecule has 0 saturated heterocycles. The zero-order chi connectivity index (χ0) is 25.3. The number of rotatable bonds is 7. The minimum absolute atomic E-state index is 0.0542. The summed E-state index contributed by atoms with van der Waals surface area (Å²) < 4.78 is 5.19. The summed E-state index contributed by atoms with van der Waals surface area (Å²) in [5.41, 5.74) is 1.29. The van der Waals surface area contributed by atoms with Gasteiger partial charge in [-0.15, -0.1) is 11.8 Å². The van der Waals surface area contributed by atoms with E-state index in [-0.39, 0.29) is 23.4 Å². The number of ether oxygens (including phenoxy) is 1. The number of aromatic nitrogens is 2. The van der Waals surface area contributed by atoms with Crippen LogP contribution in [0.5, 0.6) is 5.75 Å². The van der Waals surface area contributed by atoms with E-state index in [4.69, 9.17) is 16.3 Å². The van der Waals surface area contributed by atoms with Crippen LogP contribution in [0.4, 0.5) is 11.6 Å². The predicted octanol–water partition coefficient (Wildman–Crippen LogP) is 5.25. The first kappa shape index (κ1) is 25.0. The molecule has 0 bridgehead atoms. The van der Waals surface area contributed by atoms with Crippen LogP contribution in [-0.2, 0) is 5.75 Å². The maximum absolute atomic E-state index is 12.8. The van der Waals surface area contributed by atoms with Crippen LogP contribution in [0.1, 0.15) is 16.1 Å². The summed E-state index contributed by atoms with van der Waals surface area (Å²) in [6, 6.07) is 24.7. The highest BCUT2D eigenvalue weighted by Gasteiger charge is 2.11. The van der Waals surface area contributed by atoms with Crippen LogP contribution < -0.4 is 20.9 Å². The number of H-pyrrole nitrogens is 1. The van der Waals surface area contributed by atoms with Gasteiger partial charge in [-0.25, -0.2) is 4.98 Å². The number of aliphatic imine (C=N–C) groups is 1. The topological polar surface area (TPSA) is 108 Å². The van der Waals surface area contributed by atoms with Gasteiger partial charge < -0.3 is 10.1 Å². The lowest BCUT2D eigenvalue weighted by molar-refractivity contribution is 0.0977. The van der Waals surface area contributed by atoms with E-state index in [1.165, 1.54) is 17.8 Å². The first-order valence-corrected chi connectivity index (χ1v) is 12.2. The summed E-state index contributed by atoms with van der Waals surface area (Å²) in [5.74, 6) is 0.917. The van der Waals surface area contributed by atoms with Crippen molar-refractivity contribution < 1.29 is 9.53 Å². The molecule has 36 heavy (non-hydrogen) atoms. The number of halogens is 1. The van der Waals surface area contributed by atoms with Gasteiger partial charge in [0.1, 0.15) is 5.75 Å². The number of carbonyl (C=O) groups excluding carboxylic acids is 1. The second-order valence-electron chi connectivity index (χ2n) is 7.44. The number of thioether (sulfide) groups is 1. The Labute approximate surface area is 216 Å². The van der Waals surface area contributed by atoms with Crippen LogP contribution in [0.2, 0.25) is 5.02 Å². The number of carbonyl (C=O) groups is 1. The Kier molecular flexibility index (Phi) is 8.38. The fourth-order valence-corrected chi connectivity index (χ4v) is 4.00. The molecule has 0 fully saturated rings. The highest BCUT2D eigenvalue weighted by molar-refractivity contribution is 7.98. The number of benzene rings is 3. The van der Waals surface area contributed by atoms with Crippen molar-refractivity contribution in [1.29, 1.82) is 0 Å². The van der Waals surface area contributed by atoms with Crippen molar-refractivity contribution in [3.05, 3.63) is 112 Å². The molecule has 0 unspecified atom stereocenters. The fraction of sp³-hybridized carbons (Fsp3) is 0.0769. The third-order valence-corrected chi connectivity index (χ3v) is 6.12. The average molecular weight is 520 g/mol. The third-order valence-electron chi connectivity index (χ3n) is 4.82. The quantitative estimate of drug-likeness (QED) is 0.175. The number of amides is 1. The first-order valence-electron chi connectivity index (χ1n) is 10.8. The second-order valence-corrected chi connectivity index (χ2v) is 8.92. The fourth-order valence-electron chi connectivity index (χ4n) is 3.08. The Morgan fingerprint density at radius 1 is 1.06 bits per heavy atom. The van der Waals surface area contributed by atoms with Crippen LogP contribution in [-0.4, -0.2) is 28.9 Å². The van der Waals surface area contributed by atoms with Gasteiger partial charge in [0, 0.05) is 33.0 Å². The molecular weight excluding hydrogens is 498 g/mol. The van der Waals surface area contributed by atoms with Crippen molar-refractivity contribution in [2.24, 2.45) is 4.99 Å². The van der Waals surface area contributed by atoms with Gasteiger partial charge in [0.15, 0.2) is 0 Å². The van der Waals surface area contributed by atoms with E-state index in [0.717, 1.165) is 4.90 Å². The van der Waals surface area contributed by atoms with Gasteiger partial charge in [0.25, 0.3) is 11.5 Å². The minimum Gasteiger partial charge on any atom is -0.497 e. The predicted molar refractivity (Wildman–Crippen MR) is 143 cm³/mol. The molecule has 1 aromatic heterocycles. The summed E-state index contributed by atoms with van der Waals surface area (Å²) in [6.45, 7) is 0.